The third-order valence-electron chi connectivity index (χ3n) is 3.08. The van der Waals surface area contributed by atoms with Crippen LogP contribution in [-0.4, -0.2) is 31.7 Å². The van der Waals surface area contributed by atoms with Crippen molar-refractivity contribution in [1.82, 2.24) is 9.78 Å². The fourth-order valence-corrected chi connectivity index (χ4v) is 1.95. The van der Waals surface area contributed by atoms with Crippen molar-refractivity contribution in [3.63, 3.8) is 0 Å². The molecule has 6 heteroatoms. The van der Waals surface area contributed by atoms with Gasteiger partial charge in [-0.1, -0.05) is 19.9 Å². The molecule has 0 fully saturated rings. The highest BCUT2D eigenvalue weighted by atomic mass is 16.4. The van der Waals surface area contributed by atoms with Crippen molar-refractivity contribution in [1.29, 1.82) is 0 Å². The van der Waals surface area contributed by atoms with Gasteiger partial charge in [-0.15, -0.1) is 0 Å². The predicted octanol–water partition coefficient (Wildman–Crippen LogP) is 2.17. The van der Waals surface area contributed by atoms with Crippen LogP contribution < -0.4 is 0 Å². The van der Waals surface area contributed by atoms with Crippen molar-refractivity contribution in [2.45, 2.75) is 20.4 Å². The highest BCUT2D eigenvalue weighted by Gasteiger charge is 2.13. The molecule has 0 amide bonds. The van der Waals surface area contributed by atoms with Gasteiger partial charge >= 0.3 is 5.97 Å². The Morgan fingerprint density at radius 2 is 2.05 bits per heavy atom. The van der Waals surface area contributed by atoms with Crippen LogP contribution in [0.5, 0.6) is 5.75 Å². The summed E-state index contributed by atoms with van der Waals surface area (Å²) in [5, 5.41) is 22.6. The summed E-state index contributed by atoms with van der Waals surface area (Å²) in [6.45, 7) is 3.99. The van der Waals surface area contributed by atoms with Crippen molar-refractivity contribution >= 4 is 11.8 Å². The van der Waals surface area contributed by atoms with Crippen LogP contribution in [0.2, 0.25) is 0 Å². The smallest absolute Gasteiger partial charge is 0.339 e. The number of carbonyl (C=O) groups is 2. The number of aromatic nitrogens is 2. The Morgan fingerprint density at radius 1 is 1.33 bits per heavy atom. The molecule has 6 nitrogen and oxygen atoms in total. The summed E-state index contributed by atoms with van der Waals surface area (Å²) < 4.78 is 1.57. The lowest BCUT2D eigenvalue weighted by atomic mass is 10.0. The number of aromatic carboxylic acids is 1. The van der Waals surface area contributed by atoms with Crippen LogP contribution in [0.3, 0.4) is 0 Å². The molecule has 0 aliphatic heterocycles. The average molecular weight is 288 g/mol. The van der Waals surface area contributed by atoms with Crippen molar-refractivity contribution in [2.75, 3.05) is 0 Å². The zero-order valence-corrected chi connectivity index (χ0v) is 11.8. The Bertz CT molecular complexity index is 689. The summed E-state index contributed by atoms with van der Waals surface area (Å²) in [7, 11) is 0. The first kappa shape index (κ1) is 14.8. The van der Waals surface area contributed by atoms with Gasteiger partial charge in [-0.25, -0.2) is 4.79 Å². The fraction of sp³-hybridized carbons (Fsp3) is 0.267. The first-order chi connectivity index (χ1) is 9.88. The van der Waals surface area contributed by atoms with E-state index in [0.717, 1.165) is 0 Å². The Labute approximate surface area is 121 Å². The van der Waals surface area contributed by atoms with E-state index in [1.54, 1.807) is 16.9 Å². The Morgan fingerprint density at radius 3 is 2.62 bits per heavy atom. The molecule has 0 spiro atoms. The van der Waals surface area contributed by atoms with Crippen LogP contribution in [0.4, 0.5) is 0 Å². The molecule has 0 unspecified atom stereocenters. The summed E-state index contributed by atoms with van der Waals surface area (Å²) in [5.74, 6) is -1.54. The van der Waals surface area contributed by atoms with E-state index in [4.69, 9.17) is 5.11 Å². The van der Waals surface area contributed by atoms with Gasteiger partial charge in [0, 0.05) is 12.1 Å². The van der Waals surface area contributed by atoms with Gasteiger partial charge in [-0.2, -0.15) is 5.10 Å². The highest BCUT2D eigenvalue weighted by Crippen LogP contribution is 2.19. The summed E-state index contributed by atoms with van der Waals surface area (Å²) in [6, 6.07) is 4.33. The minimum atomic E-state index is -1.18. The fourth-order valence-electron chi connectivity index (χ4n) is 1.95. The third kappa shape index (κ3) is 3.28. The number of rotatable bonds is 5. The summed E-state index contributed by atoms with van der Waals surface area (Å²) >= 11 is 0. The molecule has 0 bridgehead atoms. The first-order valence-corrected chi connectivity index (χ1v) is 6.50. The van der Waals surface area contributed by atoms with Crippen LogP contribution >= 0.6 is 0 Å². The quantitative estimate of drug-likeness (QED) is 0.823. The zero-order chi connectivity index (χ0) is 15.6. The van der Waals surface area contributed by atoms with Crippen LogP contribution in [0.25, 0.3) is 0 Å². The second-order valence-electron chi connectivity index (χ2n) is 5.10. The molecular weight excluding hydrogens is 272 g/mol. The average Bonchev–Trinajstić information content (AvgIpc) is 2.85. The van der Waals surface area contributed by atoms with E-state index in [-0.39, 0.29) is 23.0 Å². The minimum Gasteiger partial charge on any atom is -0.507 e. The molecule has 2 rings (SSSR count). The number of hydrogen-bond acceptors (Lipinski definition) is 4. The van der Waals surface area contributed by atoms with E-state index in [2.05, 4.69) is 5.10 Å². The molecule has 0 aliphatic rings. The number of carboxylic acids is 1. The summed E-state index contributed by atoms with van der Waals surface area (Å²) in [4.78, 5) is 22.6. The maximum Gasteiger partial charge on any atom is 0.339 e. The number of aromatic hydroxyl groups is 1. The number of carbonyl (C=O) groups excluding carboxylic acids is 1. The number of carboxylic acid groups (broad SMARTS) is 1. The second-order valence-corrected chi connectivity index (χ2v) is 5.10. The van der Waals surface area contributed by atoms with Crippen molar-refractivity contribution in [2.24, 2.45) is 5.92 Å². The standard InChI is InChI=1S/C15H16N2O4/c1-9(2)14(19)11-6-16-17(8-11)7-10-3-4-12(15(20)21)13(18)5-10/h3-6,8-9,18H,7H2,1-2H3,(H,20,21). The number of hydrogen-bond donors (Lipinski definition) is 2. The Kier molecular flexibility index (Phi) is 4.07. The van der Waals surface area contributed by atoms with Gasteiger partial charge in [0.15, 0.2) is 5.78 Å². The third-order valence-corrected chi connectivity index (χ3v) is 3.08. The van der Waals surface area contributed by atoms with Crippen molar-refractivity contribution in [3.8, 4) is 5.75 Å². The molecule has 0 saturated heterocycles. The van der Waals surface area contributed by atoms with Crippen LogP contribution in [0.15, 0.2) is 30.6 Å². The summed E-state index contributed by atoms with van der Waals surface area (Å²) in [6.07, 6.45) is 3.15. The highest BCUT2D eigenvalue weighted by molar-refractivity contribution is 5.96. The molecule has 1 aromatic heterocycles. The molecule has 110 valence electrons. The zero-order valence-electron chi connectivity index (χ0n) is 11.8. The van der Waals surface area contributed by atoms with Crippen LogP contribution in [0.1, 0.15) is 40.1 Å². The van der Waals surface area contributed by atoms with E-state index in [0.29, 0.717) is 17.7 Å². The van der Waals surface area contributed by atoms with Gasteiger partial charge in [0.2, 0.25) is 0 Å². The van der Waals surface area contributed by atoms with Gasteiger partial charge in [-0.05, 0) is 17.7 Å². The number of nitrogens with zero attached hydrogens (tertiary/aromatic N) is 2. The Hall–Kier alpha value is -2.63. The topological polar surface area (TPSA) is 92.4 Å². The minimum absolute atomic E-state index is 0.0188. The SMILES string of the molecule is CC(C)C(=O)c1cnn(Cc2ccc(C(=O)O)c(O)c2)c1. The van der Waals surface area contributed by atoms with Crippen molar-refractivity contribution < 1.29 is 19.8 Å². The van der Waals surface area contributed by atoms with E-state index < -0.39 is 5.97 Å². The van der Waals surface area contributed by atoms with Gasteiger partial charge < -0.3 is 10.2 Å². The molecule has 2 N–H and O–H groups in total. The predicted molar refractivity (Wildman–Crippen MR) is 75.6 cm³/mol. The molecule has 1 aromatic carbocycles. The van der Waals surface area contributed by atoms with E-state index in [1.165, 1.54) is 18.3 Å². The molecule has 2 aromatic rings. The van der Waals surface area contributed by atoms with Gasteiger partial charge in [-0.3, -0.25) is 9.48 Å². The molecule has 0 radical (unpaired) electrons. The molecule has 0 atom stereocenters. The van der Waals surface area contributed by atoms with E-state index in [1.807, 2.05) is 13.8 Å². The number of benzene rings is 1. The summed E-state index contributed by atoms with van der Waals surface area (Å²) in [5.41, 5.74) is 1.09. The molecule has 1 heterocycles. The van der Waals surface area contributed by atoms with E-state index >= 15 is 0 Å². The lowest BCUT2D eigenvalue weighted by Gasteiger charge is -2.05. The van der Waals surface area contributed by atoms with E-state index in [9.17, 15) is 14.7 Å². The molecule has 21 heavy (non-hydrogen) atoms. The largest absolute Gasteiger partial charge is 0.507 e. The second kappa shape index (κ2) is 5.78. The monoisotopic (exact) mass is 288 g/mol. The first-order valence-electron chi connectivity index (χ1n) is 6.50. The maximum absolute atomic E-state index is 11.8. The number of ketones is 1. The maximum atomic E-state index is 11.8. The lowest BCUT2D eigenvalue weighted by molar-refractivity contribution is 0.0693. The number of Topliss-reactive ketones (excluding diaryl/α,β-unsaturated/α-hetero) is 1. The lowest BCUT2D eigenvalue weighted by Crippen LogP contribution is -2.06. The number of phenols is 1. The van der Waals surface area contributed by atoms with Gasteiger partial charge in [0.1, 0.15) is 11.3 Å². The van der Waals surface area contributed by atoms with Crippen molar-refractivity contribution in [3.05, 3.63) is 47.3 Å². The van der Waals surface area contributed by atoms with Crippen LogP contribution in [-0.2, 0) is 6.54 Å². The molecule has 0 saturated carbocycles. The van der Waals surface area contributed by atoms with Gasteiger partial charge in [0.25, 0.3) is 0 Å². The van der Waals surface area contributed by atoms with Gasteiger partial charge in [0.05, 0.1) is 18.3 Å². The molecular formula is C15H16N2O4. The normalized spacial score (nSPS) is 10.8. The van der Waals surface area contributed by atoms with Crippen LogP contribution in [0, 0.1) is 5.92 Å². The molecule has 0 aliphatic carbocycles. The Balaban J connectivity index is 2.17.